The van der Waals surface area contributed by atoms with Gasteiger partial charge in [0.05, 0.1) is 13.2 Å². The molecule has 0 aromatic heterocycles. The predicted octanol–water partition coefficient (Wildman–Crippen LogP) is 3.59. The van der Waals surface area contributed by atoms with Gasteiger partial charge in [0, 0.05) is 44.4 Å². The predicted molar refractivity (Wildman–Crippen MR) is 132 cm³/mol. The fraction of sp³-hybridized carbons (Fsp3) is 0.346. The van der Waals surface area contributed by atoms with Gasteiger partial charge in [0.2, 0.25) is 5.91 Å². The van der Waals surface area contributed by atoms with Crippen LogP contribution in [0.3, 0.4) is 0 Å². The fourth-order valence-electron chi connectivity index (χ4n) is 3.40. The molecular formula is C26H31FN4O3. The number of hydrogen-bond acceptors (Lipinski definition) is 5. The standard InChI is InChI=1S/C26H31FN4O3/c1-20(16-25(32)29-19-21-4-3-5-23(27)17-21)18-30-26(28-2)22-6-8-24(9-7-22)34-15-12-31-10-13-33-14-11-31/h3-9,17-18H,2,10-16,19H2,1H3,(H,29,32)/b20-18+,30-26-. The van der Waals surface area contributed by atoms with Crippen LogP contribution in [-0.2, 0) is 16.1 Å². The number of carbonyl (C=O) groups excluding carboxylic acids is 1. The van der Waals surface area contributed by atoms with Crippen molar-refractivity contribution in [1.29, 1.82) is 0 Å². The van der Waals surface area contributed by atoms with Crippen LogP contribution in [0, 0.1) is 5.82 Å². The molecule has 0 spiro atoms. The number of nitrogens with one attached hydrogen (secondary N) is 1. The van der Waals surface area contributed by atoms with Crippen LogP contribution < -0.4 is 10.1 Å². The lowest BCUT2D eigenvalue weighted by Crippen LogP contribution is -2.38. The molecule has 0 atom stereocenters. The Morgan fingerprint density at radius 2 is 2.00 bits per heavy atom. The Kier molecular flexibility index (Phi) is 9.94. The lowest BCUT2D eigenvalue weighted by atomic mass is 10.2. The SMILES string of the molecule is C=N/C(=N\C=C(/C)CC(=O)NCc1cccc(F)c1)c1ccc(OCCN2CCOCC2)cc1. The molecule has 1 saturated heterocycles. The van der Waals surface area contributed by atoms with Crippen molar-refractivity contribution in [1.82, 2.24) is 10.2 Å². The van der Waals surface area contributed by atoms with Crippen molar-refractivity contribution in [2.75, 3.05) is 39.5 Å². The molecule has 0 unspecified atom stereocenters. The van der Waals surface area contributed by atoms with Crippen LogP contribution in [0.25, 0.3) is 0 Å². The maximum absolute atomic E-state index is 13.2. The number of aliphatic imine (C=N–C) groups is 2. The average Bonchev–Trinajstić information content (AvgIpc) is 2.85. The van der Waals surface area contributed by atoms with Gasteiger partial charge in [0.25, 0.3) is 0 Å². The van der Waals surface area contributed by atoms with Crippen LogP contribution in [0.2, 0.25) is 0 Å². The van der Waals surface area contributed by atoms with Gasteiger partial charge in [0.15, 0.2) is 5.84 Å². The van der Waals surface area contributed by atoms with Crippen LogP contribution in [0.4, 0.5) is 4.39 Å². The second-order valence-electron chi connectivity index (χ2n) is 8.00. The first-order valence-electron chi connectivity index (χ1n) is 11.3. The molecule has 0 radical (unpaired) electrons. The van der Waals surface area contributed by atoms with Crippen LogP contribution in [0.1, 0.15) is 24.5 Å². The lowest BCUT2D eigenvalue weighted by molar-refractivity contribution is -0.120. The van der Waals surface area contributed by atoms with E-state index in [0.29, 0.717) is 18.0 Å². The van der Waals surface area contributed by atoms with Crippen LogP contribution in [0.15, 0.2) is 70.3 Å². The summed E-state index contributed by atoms with van der Waals surface area (Å²) in [5.74, 6) is 0.746. The maximum Gasteiger partial charge on any atom is 0.224 e. The number of amidine groups is 1. The van der Waals surface area contributed by atoms with Crippen LogP contribution in [0.5, 0.6) is 5.75 Å². The highest BCUT2D eigenvalue weighted by Crippen LogP contribution is 2.14. The first-order valence-corrected chi connectivity index (χ1v) is 11.3. The Hall–Kier alpha value is -3.36. The van der Waals surface area contributed by atoms with E-state index in [1.54, 1.807) is 18.3 Å². The zero-order valence-electron chi connectivity index (χ0n) is 19.5. The molecule has 1 amide bonds. The summed E-state index contributed by atoms with van der Waals surface area (Å²) in [6, 6.07) is 13.7. The molecule has 0 aliphatic carbocycles. The van der Waals surface area contributed by atoms with Crippen molar-refractivity contribution in [2.24, 2.45) is 9.98 Å². The molecule has 1 fully saturated rings. The second kappa shape index (κ2) is 13.4. The molecular weight excluding hydrogens is 435 g/mol. The summed E-state index contributed by atoms with van der Waals surface area (Å²) in [4.78, 5) is 22.9. The van der Waals surface area contributed by atoms with Gasteiger partial charge in [-0.3, -0.25) is 9.69 Å². The van der Waals surface area contributed by atoms with Gasteiger partial charge in [0.1, 0.15) is 18.2 Å². The minimum absolute atomic E-state index is 0.167. The molecule has 2 aromatic carbocycles. The molecule has 34 heavy (non-hydrogen) atoms. The number of morpholine rings is 1. The summed E-state index contributed by atoms with van der Waals surface area (Å²) < 4.78 is 24.4. The molecule has 1 N–H and O–H groups in total. The number of nitrogens with zero attached hydrogens (tertiary/aromatic N) is 3. The fourth-order valence-corrected chi connectivity index (χ4v) is 3.40. The molecule has 8 heteroatoms. The van der Waals surface area contributed by atoms with Crippen molar-refractivity contribution in [2.45, 2.75) is 19.9 Å². The molecule has 1 heterocycles. The second-order valence-corrected chi connectivity index (χ2v) is 8.00. The Labute approximate surface area is 200 Å². The molecule has 1 aliphatic heterocycles. The van der Waals surface area contributed by atoms with E-state index in [1.807, 2.05) is 31.2 Å². The number of halogens is 1. The molecule has 180 valence electrons. The highest BCUT2D eigenvalue weighted by atomic mass is 19.1. The summed E-state index contributed by atoms with van der Waals surface area (Å²) >= 11 is 0. The third kappa shape index (κ3) is 8.53. The molecule has 2 aromatic rings. The van der Waals surface area contributed by atoms with Crippen molar-refractivity contribution >= 4 is 18.5 Å². The molecule has 7 nitrogen and oxygen atoms in total. The number of rotatable bonds is 10. The summed E-state index contributed by atoms with van der Waals surface area (Å²) in [5.41, 5.74) is 2.27. The van der Waals surface area contributed by atoms with Crippen LogP contribution in [-0.4, -0.2) is 62.8 Å². The number of carbonyl (C=O) groups is 1. The highest BCUT2D eigenvalue weighted by Gasteiger charge is 2.10. The van der Waals surface area contributed by atoms with Crippen LogP contribution >= 0.6 is 0 Å². The number of hydrogen-bond donors (Lipinski definition) is 1. The van der Waals surface area contributed by atoms with Gasteiger partial charge >= 0.3 is 0 Å². The highest BCUT2D eigenvalue weighted by molar-refractivity contribution is 6.01. The van der Waals surface area contributed by atoms with Crippen molar-refractivity contribution in [3.63, 3.8) is 0 Å². The average molecular weight is 467 g/mol. The van der Waals surface area contributed by atoms with E-state index in [9.17, 15) is 9.18 Å². The van der Waals surface area contributed by atoms with E-state index in [0.717, 1.165) is 49.7 Å². The zero-order chi connectivity index (χ0) is 24.2. The minimum atomic E-state index is -0.325. The molecule has 0 bridgehead atoms. The van der Waals surface area contributed by atoms with Gasteiger partial charge in [-0.05, 0) is 61.2 Å². The molecule has 0 saturated carbocycles. The Bertz CT molecular complexity index is 1010. The topological polar surface area (TPSA) is 75.5 Å². The summed E-state index contributed by atoms with van der Waals surface area (Å²) in [6.07, 6.45) is 1.79. The zero-order valence-corrected chi connectivity index (χ0v) is 19.5. The number of amides is 1. The summed E-state index contributed by atoms with van der Waals surface area (Å²) in [6.45, 7) is 10.6. The van der Waals surface area contributed by atoms with E-state index in [-0.39, 0.29) is 24.7 Å². The third-order valence-corrected chi connectivity index (χ3v) is 5.27. The first-order chi connectivity index (χ1) is 16.5. The van der Waals surface area contributed by atoms with Crippen molar-refractivity contribution in [3.05, 3.63) is 77.2 Å². The van der Waals surface area contributed by atoms with E-state index >= 15 is 0 Å². The van der Waals surface area contributed by atoms with Gasteiger partial charge < -0.3 is 14.8 Å². The molecule has 1 aliphatic rings. The Morgan fingerprint density at radius 3 is 2.71 bits per heavy atom. The van der Waals surface area contributed by atoms with Gasteiger partial charge in [-0.2, -0.15) is 0 Å². The van der Waals surface area contributed by atoms with E-state index in [4.69, 9.17) is 9.47 Å². The smallest absolute Gasteiger partial charge is 0.224 e. The van der Waals surface area contributed by atoms with E-state index in [2.05, 4.69) is 26.9 Å². The number of benzene rings is 2. The van der Waals surface area contributed by atoms with E-state index < -0.39 is 0 Å². The lowest BCUT2D eigenvalue weighted by Gasteiger charge is -2.26. The monoisotopic (exact) mass is 466 g/mol. The van der Waals surface area contributed by atoms with Crippen molar-refractivity contribution in [3.8, 4) is 5.75 Å². The van der Waals surface area contributed by atoms with Gasteiger partial charge in [-0.15, -0.1) is 0 Å². The van der Waals surface area contributed by atoms with E-state index in [1.165, 1.54) is 12.1 Å². The minimum Gasteiger partial charge on any atom is -0.492 e. The summed E-state index contributed by atoms with van der Waals surface area (Å²) in [5, 5.41) is 2.78. The Balaban J connectivity index is 1.47. The first kappa shape index (κ1) is 25.3. The van der Waals surface area contributed by atoms with Gasteiger partial charge in [-0.1, -0.05) is 12.1 Å². The quantitative estimate of drug-likeness (QED) is 0.429. The number of ether oxygens (including phenoxy) is 2. The molecule has 3 rings (SSSR count). The largest absolute Gasteiger partial charge is 0.492 e. The Morgan fingerprint density at radius 1 is 1.24 bits per heavy atom. The van der Waals surface area contributed by atoms with Crippen molar-refractivity contribution < 1.29 is 18.7 Å². The summed E-state index contributed by atoms with van der Waals surface area (Å²) in [7, 11) is 0. The third-order valence-electron chi connectivity index (χ3n) is 5.27. The van der Waals surface area contributed by atoms with Gasteiger partial charge in [-0.25, -0.2) is 14.4 Å². The normalized spacial score (nSPS) is 15.1. The maximum atomic E-state index is 13.2.